The molecule has 0 spiro atoms. The molecule has 0 aliphatic heterocycles. The van der Waals surface area contributed by atoms with E-state index in [0.29, 0.717) is 5.75 Å². The van der Waals surface area contributed by atoms with E-state index in [1.54, 1.807) is 7.11 Å². The maximum Gasteiger partial charge on any atom is 0.234 e. The second kappa shape index (κ2) is 6.97. The Hall–Kier alpha value is -2.47. The van der Waals surface area contributed by atoms with Crippen LogP contribution in [0.1, 0.15) is 11.1 Å². The van der Waals surface area contributed by atoms with Gasteiger partial charge >= 0.3 is 0 Å². The molecule has 1 aromatic heterocycles. The summed E-state index contributed by atoms with van der Waals surface area (Å²) >= 11 is 1.39. The molecule has 3 aromatic rings. The summed E-state index contributed by atoms with van der Waals surface area (Å²) in [5.41, 5.74) is 4.65. The van der Waals surface area contributed by atoms with Gasteiger partial charge in [0.15, 0.2) is 5.16 Å². The Bertz CT molecular complexity index is 856. The summed E-state index contributed by atoms with van der Waals surface area (Å²) in [6, 6.07) is 11.7. The van der Waals surface area contributed by atoms with Crippen molar-refractivity contribution in [1.82, 2.24) is 9.97 Å². The minimum absolute atomic E-state index is 0.0619. The van der Waals surface area contributed by atoms with E-state index in [1.807, 2.05) is 50.2 Å². The van der Waals surface area contributed by atoms with Crippen molar-refractivity contribution >= 4 is 34.4 Å². The Morgan fingerprint density at radius 2 is 2.04 bits per heavy atom. The molecule has 1 heterocycles. The van der Waals surface area contributed by atoms with Crippen molar-refractivity contribution in [1.29, 1.82) is 0 Å². The smallest absolute Gasteiger partial charge is 0.234 e. The van der Waals surface area contributed by atoms with E-state index in [1.165, 1.54) is 11.8 Å². The first-order valence-corrected chi connectivity index (χ1v) is 8.58. The number of nitrogens with one attached hydrogen (secondary N) is 2. The summed E-state index contributed by atoms with van der Waals surface area (Å²) in [6.07, 6.45) is 0. The topological polar surface area (TPSA) is 67.0 Å². The van der Waals surface area contributed by atoms with Crippen molar-refractivity contribution in [2.24, 2.45) is 0 Å². The molecule has 0 radical (unpaired) electrons. The number of carbonyl (C=O) groups excluding carboxylic acids is 1. The van der Waals surface area contributed by atoms with E-state index in [2.05, 4.69) is 15.3 Å². The third-order valence-electron chi connectivity index (χ3n) is 3.72. The van der Waals surface area contributed by atoms with Gasteiger partial charge < -0.3 is 15.0 Å². The van der Waals surface area contributed by atoms with E-state index in [0.717, 1.165) is 38.8 Å². The SMILES string of the molecule is COc1cc(C)c(NC(=O)CSc2nc3ccccc3[nH]2)cc1C. The number of fused-ring (bicyclic) bond motifs is 1. The first-order valence-electron chi connectivity index (χ1n) is 7.59. The molecule has 0 fully saturated rings. The molecule has 0 aliphatic carbocycles. The summed E-state index contributed by atoms with van der Waals surface area (Å²) in [4.78, 5) is 19.9. The standard InChI is InChI=1S/C18H19N3O2S/c1-11-9-16(23-3)12(2)8-15(11)19-17(22)10-24-18-20-13-6-4-5-7-14(13)21-18/h4-9H,10H2,1-3H3,(H,19,22)(H,20,21). The lowest BCUT2D eigenvalue weighted by Crippen LogP contribution is -2.15. The van der Waals surface area contributed by atoms with Crippen molar-refractivity contribution in [2.45, 2.75) is 19.0 Å². The fraction of sp³-hybridized carbons (Fsp3) is 0.222. The molecular formula is C18H19N3O2S. The molecule has 0 unspecified atom stereocenters. The number of nitrogens with zero attached hydrogens (tertiary/aromatic N) is 1. The van der Waals surface area contributed by atoms with Gasteiger partial charge in [-0.1, -0.05) is 23.9 Å². The van der Waals surface area contributed by atoms with Crippen molar-refractivity contribution in [3.63, 3.8) is 0 Å². The normalized spacial score (nSPS) is 10.8. The highest BCUT2D eigenvalue weighted by molar-refractivity contribution is 7.99. The number of H-pyrrole nitrogens is 1. The number of anilines is 1. The van der Waals surface area contributed by atoms with Gasteiger partial charge in [0.1, 0.15) is 5.75 Å². The zero-order valence-electron chi connectivity index (χ0n) is 13.8. The van der Waals surface area contributed by atoms with Gasteiger partial charge in [0.2, 0.25) is 5.91 Å². The first kappa shape index (κ1) is 16.4. The molecule has 0 saturated carbocycles. The molecule has 3 rings (SSSR count). The third kappa shape index (κ3) is 3.54. The predicted molar refractivity (Wildman–Crippen MR) is 97.9 cm³/mol. The molecule has 6 heteroatoms. The van der Waals surface area contributed by atoms with E-state index in [4.69, 9.17) is 4.74 Å². The molecule has 24 heavy (non-hydrogen) atoms. The third-order valence-corrected chi connectivity index (χ3v) is 4.60. The highest BCUT2D eigenvalue weighted by Gasteiger charge is 2.10. The number of aromatic amines is 1. The van der Waals surface area contributed by atoms with Crippen LogP contribution in [0.25, 0.3) is 11.0 Å². The van der Waals surface area contributed by atoms with Gasteiger partial charge in [-0.25, -0.2) is 4.98 Å². The Balaban J connectivity index is 1.64. The predicted octanol–water partition coefficient (Wildman–Crippen LogP) is 3.92. The monoisotopic (exact) mass is 341 g/mol. The van der Waals surface area contributed by atoms with Crippen molar-refractivity contribution < 1.29 is 9.53 Å². The quantitative estimate of drug-likeness (QED) is 0.690. The number of benzene rings is 2. The summed E-state index contributed by atoms with van der Waals surface area (Å²) in [6.45, 7) is 3.90. The number of aryl methyl sites for hydroxylation is 2. The van der Waals surface area contributed by atoms with Gasteiger partial charge in [-0.2, -0.15) is 0 Å². The number of para-hydroxylation sites is 2. The Morgan fingerprint density at radius 3 is 2.79 bits per heavy atom. The van der Waals surface area contributed by atoms with Crippen LogP contribution in [-0.4, -0.2) is 28.7 Å². The number of aromatic nitrogens is 2. The maximum absolute atomic E-state index is 12.2. The summed E-state index contributed by atoms with van der Waals surface area (Å²) < 4.78 is 5.29. The van der Waals surface area contributed by atoms with Crippen LogP contribution in [0.4, 0.5) is 5.69 Å². The van der Waals surface area contributed by atoms with Gasteiger partial charge in [0.25, 0.3) is 0 Å². The van der Waals surface area contributed by atoms with Crippen molar-refractivity contribution in [3.05, 3.63) is 47.5 Å². The Labute approximate surface area is 144 Å². The Morgan fingerprint density at radius 1 is 1.25 bits per heavy atom. The zero-order valence-corrected chi connectivity index (χ0v) is 14.7. The summed E-state index contributed by atoms with van der Waals surface area (Å²) in [5, 5.41) is 3.69. The van der Waals surface area contributed by atoms with Gasteiger partial charge in [0, 0.05) is 5.69 Å². The van der Waals surface area contributed by atoms with Crippen LogP contribution < -0.4 is 10.1 Å². The fourth-order valence-electron chi connectivity index (χ4n) is 2.46. The highest BCUT2D eigenvalue weighted by atomic mass is 32.2. The molecule has 0 bridgehead atoms. The minimum Gasteiger partial charge on any atom is -0.496 e. The summed E-state index contributed by atoms with van der Waals surface area (Å²) in [5.74, 6) is 1.06. The molecule has 0 saturated heterocycles. The van der Waals surface area contributed by atoms with Gasteiger partial charge in [-0.05, 0) is 49.2 Å². The number of carbonyl (C=O) groups is 1. The molecule has 1 amide bonds. The van der Waals surface area contributed by atoms with Crippen LogP contribution in [0.15, 0.2) is 41.6 Å². The van der Waals surface area contributed by atoms with Crippen molar-refractivity contribution in [2.75, 3.05) is 18.2 Å². The van der Waals surface area contributed by atoms with Crippen LogP contribution in [0, 0.1) is 13.8 Å². The van der Waals surface area contributed by atoms with E-state index in [-0.39, 0.29) is 5.91 Å². The van der Waals surface area contributed by atoms with Crippen LogP contribution >= 0.6 is 11.8 Å². The lowest BCUT2D eigenvalue weighted by atomic mass is 10.1. The molecule has 5 nitrogen and oxygen atoms in total. The maximum atomic E-state index is 12.2. The lowest BCUT2D eigenvalue weighted by molar-refractivity contribution is -0.113. The largest absolute Gasteiger partial charge is 0.496 e. The first-order chi connectivity index (χ1) is 11.6. The van der Waals surface area contributed by atoms with Crippen molar-refractivity contribution in [3.8, 4) is 5.75 Å². The zero-order chi connectivity index (χ0) is 17.1. The average Bonchev–Trinajstić information content (AvgIpc) is 2.99. The number of rotatable bonds is 5. The Kier molecular flexibility index (Phi) is 4.76. The van der Waals surface area contributed by atoms with E-state index < -0.39 is 0 Å². The molecule has 124 valence electrons. The van der Waals surface area contributed by atoms with Crippen LogP contribution in [0.2, 0.25) is 0 Å². The van der Waals surface area contributed by atoms with Gasteiger partial charge in [-0.15, -0.1) is 0 Å². The average molecular weight is 341 g/mol. The molecule has 2 N–H and O–H groups in total. The molecular weight excluding hydrogens is 322 g/mol. The number of imidazole rings is 1. The lowest BCUT2D eigenvalue weighted by Gasteiger charge is -2.12. The van der Waals surface area contributed by atoms with Crippen LogP contribution in [0.5, 0.6) is 5.75 Å². The number of methoxy groups -OCH3 is 1. The van der Waals surface area contributed by atoms with Crippen LogP contribution in [0.3, 0.4) is 0 Å². The molecule has 0 aliphatic rings. The number of hydrogen-bond acceptors (Lipinski definition) is 4. The molecule has 2 aromatic carbocycles. The van der Waals surface area contributed by atoms with Crippen LogP contribution in [-0.2, 0) is 4.79 Å². The minimum atomic E-state index is -0.0619. The number of amides is 1. The number of hydrogen-bond donors (Lipinski definition) is 2. The van der Waals surface area contributed by atoms with Gasteiger partial charge in [0.05, 0.1) is 23.9 Å². The van der Waals surface area contributed by atoms with E-state index >= 15 is 0 Å². The second-order valence-corrected chi connectivity index (χ2v) is 6.50. The highest BCUT2D eigenvalue weighted by Crippen LogP contribution is 2.26. The molecule has 0 atom stereocenters. The number of ether oxygens (including phenoxy) is 1. The number of thioether (sulfide) groups is 1. The fourth-order valence-corrected chi connectivity index (χ4v) is 3.15. The van der Waals surface area contributed by atoms with Gasteiger partial charge in [-0.3, -0.25) is 4.79 Å². The summed E-state index contributed by atoms with van der Waals surface area (Å²) in [7, 11) is 1.64. The second-order valence-electron chi connectivity index (χ2n) is 5.53. The van der Waals surface area contributed by atoms with E-state index in [9.17, 15) is 4.79 Å².